The predicted molar refractivity (Wildman–Crippen MR) is 80.2 cm³/mol. The summed E-state index contributed by atoms with van der Waals surface area (Å²) >= 11 is 0. The fraction of sp³-hybridized carbons (Fsp3) is 0.562. The summed E-state index contributed by atoms with van der Waals surface area (Å²) in [4.78, 5) is 4.97. The summed E-state index contributed by atoms with van der Waals surface area (Å²) in [6, 6.07) is 6.51. The van der Waals surface area contributed by atoms with E-state index in [4.69, 9.17) is 0 Å². The van der Waals surface area contributed by atoms with Gasteiger partial charge in [-0.1, -0.05) is 12.1 Å². The highest BCUT2D eigenvalue weighted by Gasteiger charge is 2.38. The van der Waals surface area contributed by atoms with Crippen LogP contribution in [0, 0.1) is 0 Å². The number of fused-ring (bicyclic) bond motifs is 1. The number of halogens is 3. The summed E-state index contributed by atoms with van der Waals surface area (Å²) in [5, 5.41) is 10.3. The van der Waals surface area contributed by atoms with E-state index < -0.39 is 18.1 Å². The van der Waals surface area contributed by atoms with E-state index in [0.717, 1.165) is 30.5 Å². The second kappa shape index (κ2) is 6.49. The zero-order valence-electron chi connectivity index (χ0n) is 12.8. The molecule has 1 unspecified atom stereocenters. The minimum atomic E-state index is -4.53. The SMILES string of the molecule is OC(Cn1c(C(F)(F)F)nc2ccccc21)C[NH+]1CCCCC1. The summed E-state index contributed by atoms with van der Waals surface area (Å²) in [7, 11) is 0. The lowest BCUT2D eigenvalue weighted by Gasteiger charge is -2.26. The number of likely N-dealkylation sites (tertiary alicyclic amines) is 1. The molecule has 0 bridgehead atoms. The summed E-state index contributed by atoms with van der Waals surface area (Å²) in [5.41, 5.74) is 0.713. The summed E-state index contributed by atoms with van der Waals surface area (Å²) < 4.78 is 40.8. The molecule has 1 saturated heterocycles. The number of piperidine rings is 1. The molecule has 2 N–H and O–H groups in total. The van der Waals surface area contributed by atoms with Gasteiger partial charge in [0, 0.05) is 0 Å². The molecule has 126 valence electrons. The van der Waals surface area contributed by atoms with Crippen molar-refractivity contribution in [3.63, 3.8) is 0 Å². The van der Waals surface area contributed by atoms with Crippen molar-refractivity contribution in [2.45, 2.75) is 38.1 Å². The first-order chi connectivity index (χ1) is 10.9. The van der Waals surface area contributed by atoms with Crippen molar-refractivity contribution in [1.29, 1.82) is 0 Å². The van der Waals surface area contributed by atoms with Gasteiger partial charge in [0.15, 0.2) is 0 Å². The van der Waals surface area contributed by atoms with Gasteiger partial charge < -0.3 is 14.6 Å². The maximum Gasteiger partial charge on any atom is 0.449 e. The fourth-order valence-electron chi connectivity index (χ4n) is 3.34. The molecule has 23 heavy (non-hydrogen) atoms. The molecule has 1 atom stereocenters. The molecule has 0 spiro atoms. The highest BCUT2D eigenvalue weighted by atomic mass is 19.4. The van der Waals surface area contributed by atoms with Crippen molar-refractivity contribution in [3.05, 3.63) is 30.1 Å². The number of hydrogen-bond acceptors (Lipinski definition) is 2. The Hall–Kier alpha value is -1.60. The number of imidazole rings is 1. The maximum absolute atomic E-state index is 13.2. The van der Waals surface area contributed by atoms with Gasteiger partial charge in [0.1, 0.15) is 12.6 Å². The van der Waals surface area contributed by atoms with Crippen molar-refractivity contribution in [3.8, 4) is 0 Å². The largest absolute Gasteiger partial charge is 0.449 e. The Balaban J connectivity index is 1.83. The number of alkyl halides is 3. The molecule has 2 heterocycles. The van der Waals surface area contributed by atoms with Crippen LogP contribution in [0.15, 0.2) is 24.3 Å². The second-order valence-corrected chi connectivity index (χ2v) is 6.20. The molecular formula is C16H21F3N3O+. The Bertz CT molecular complexity index is 662. The first-order valence-corrected chi connectivity index (χ1v) is 7.99. The molecule has 0 amide bonds. The van der Waals surface area contributed by atoms with Crippen LogP contribution < -0.4 is 4.90 Å². The van der Waals surface area contributed by atoms with Gasteiger partial charge in [-0.3, -0.25) is 0 Å². The first kappa shape index (κ1) is 16.3. The third-order valence-corrected chi connectivity index (χ3v) is 4.39. The van der Waals surface area contributed by atoms with E-state index in [-0.39, 0.29) is 6.54 Å². The lowest BCUT2D eigenvalue weighted by molar-refractivity contribution is -0.908. The van der Waals surface area contributed by atoms with Crippen molar-refractivity contribution in [2.75, 3.05) is 19.6 Å². The number of quaternary nitrogens is 1. The number of rotatable bonds is 4. The van der Waals surface area contributed by atoms with E-state index in [1.54, 1.807) is 24.3 Å². The lowest BCUT2D eigenvalue weighted by atomic mass is 10.1. The van der Waals surface area contributed by atoms with Crippen LogP contribution >= 0.6 is 0 Å². The van der Waals surface area contributed by atoms with Crippen LogP contribution in [0.5, 0.6) is 0 Å². The predicted octanol–water partition coefficient (Wildman–Crippen LogP) is 1.48. The smallest absolute Gasteiger partial charge is 0.385 e. The van der Waals surface area contributed by atoms with Gasteiger partial charge in [-0.05, 0) is 31.4 Å². The van der Waals surface area contributed by atoms with E-state index >= 15 is 0 Å². The van der Waals surface area contributed by atoms with Gasteiger partial charge in [0.05, 0.1) is 30.7 Å². The highest BCUT2D eigenvalue weighted by Crippen LogP contribution is 2.31. The average Bonchev–Trinajstić information content (AvgIpc) is 2.87. The molecule has 1 aliphatic rings. The van der Waals surface area contributed by atoms with E-state index in [2.05, 4.69) is 4.98 Å². The van der Waals surface area contributed by atoms with E-state index in [1.807, 2.05) is 0 Å². The minimum Gasteiger partial charge on any atom is -0.385 e. The molecule has 0 aliphatic carbocycles. The number of benzene rings is 1. The standard InChI is InChI=1S/C16H20F3N3O/c17-16(18,19)15-20-13-6-2-3-7-14(13)22(15)11-12(23)10-21-8-4-1-5-9-21/h2-3,6-7,12,23H,1,4-5,8-11H2/p+1. The van der Waals surface area contributed by atoms with Crippen molar-refractivity contribution >= 4 is 11.0 Å². The molecule has 1 aromatic carbocycles. The van der Waals surface area contributed by atoms with Gasteiger partial charge >= 0.3 is 6.18 Å². The molecule has 0 radical (unpaired) electrons. The number of aliphatic hydroxyl groups is 1. The monoisotopic (exact) mass is 328 g/mol. The number of nitrogens with zero attached hydrogens (tertiary/aromatic N) is 2. The van der Waals surface area contributed by atoms with Crippen LogP contribution in [-0.4, -0.2) is 40.4 Å². The molecular weight excluding hydrogens is 307 g/mol. The number of aromatic nitrogens is 2. The fourth-order valence-corrected chi connectivity index (χ4v) is 3.34. The third-order valence-electron chi connectivity index (χ3n) is 4.39. The zero-order chi connectivity index (χ0) is 16.4. The summed E-state index contributed by atoms with van der Waals surface area (Å²) in [6.07, 6.45) is -1.92. The van der Waals surface area contributed by atoms with Crippen LogP contribution in [0.2, 0.25) is 0 Å². The molecule has 3 rings (SSSR count). The molecule has 7 heteroatoms. The second-order valence-electron chi connectivity index (χ2n) is 6.20. The molecule has 1 aromatic heterocycles. The van der Waals surface area contributed by atoms with Crippen molar-refractivity contribution in [2.24, 2.45) is 0 Å². The Morgan fingerprint density at radius 3 is 2.57 bits per heavy atom. The molecule has 0 saturated carbocycles. The molecule has 1 aliphatic heterocycles. The summed E-state index contributed by atoms with van der Waals surface area (Å²) in [6.45, 7) is 2.35. The number of para-hydroxylation sites is 2. The van der Waals surface area contributed by atoms with E-state index in [9.17, 15) is 18.3 Å². The lowest BCUT2D eigenvalue weighted by Crippen LogP contribution is -3.13. The number of nitrogens with one attached hydrogen (secondary N) is 1. The van der Waals surface area contributed by atoms with E-state index in [1.165, 1.54) is 11.3 Å². The Kier molecular flexibility index (Phi) is 4.59. The van der Waals surface area contributed by atoms with Crippen molar-refractivity contribution in [1.82, 2.24) is 9.55 Å². The minimum absolute atomic E-state index is 0.0845. The molecule has 2 aromatic rings. The maximum atomic E-state index is 13.2. The van der Waals surface area contributed by atoms with Crippen molar-refractivity contribution < 1.29 is 23.2 Å². The van der Waals surface area contributed by atoms with Crippen LogP contribution in [0.1, 0.15) is 25.1 Å². The van der Waals surface area contributed by atoms with Gasteiger partial charge in [-0.2, -0.15) is 13.2 Å². The van der Waals surface area contributed by atoms with Gasteiger partial charge in [0.25, 0.3) is 0 Å². The average molecular weight is 328 g/mol. The normalized spacial score (nSPS) is 18.4. The molecule has 4 nitrogen and oxygen atoms in total. The topological polar surface area (TPSA) is 42.5 Å². The Labute approximate surface area is 132 Å². The van der Waals surface area contributed by atoms with Crippen LogP contribution in [0.25, 0.3) is 11.0 Å². The van der Waals surface area contributed by atoms with Gasteiger partial charge in [0.2, 0.25) is 5.82 Å². The highest BCUT2D eigenvalue weighted by molar-refractivity contribution is 5.76. The first-order valence-electron chi connectivity index (χ1n) is 7.99. The zero-order valence-corrected chi connectivity index (χ0v) is 12.8. The van der Waals surface area contributed by atoms with Gasteiger partial charge in [-0.25, -0.2) is 4.98 Å². The summed E-state index contributed by atoms with van der Waals surface area (Å²) in [5.74, 6) is -0.939. The third kappa shape index (κ3) is 3.67. The number of aliphatic hydroxyl groups excluding tert-OH is 1. The van der Waals surface area contributed by atoms with Crippen LogP contribution in [0.4, 0.5) is 13.2 Å². The molecule has 1 fully saturated rings. The van der Waals surface area contributed by atoms with Gasteiger partial charge in [-0.15, -0.1) is 0 Å². The number of hydrogen-bond donors (Lipinski definition) is 2. The van der Waals surface area contributed by atoms with E-state index in [0.29, 0.717) is 17.6 Å². The van der Waals surface area contributed by atoms with Crippen LogP contribution in [0.3, 0.4) is 0 Å². The van der Waals surface area contributed by atoms with Crippen LogP contribution in [-0.2, 0) is 12.7 Å². The quantitative estimate of drug-likeness (QED) is 0.893. The Morgan fingerprint density at radius 1 is 1.17 bits per heavy atom. The Morgan fingerprint density at radius 2 is 1.87 bits per heavy atom.